The SMILES string of the molecule is CCCCOc1ccc(C(=O)N2CCN(CCCc3nc(-c4ccc(C)cc4)no3)CC2)cc1OC. The van der Waals surface area contributed by atoms with E-state index < -0.39 is 0 Å². The van der Waals surface area contributed by atoms with Crippen molar-refractivity contribution in [1.29, 1.82) is 0 Å². The van der Waals surface area contributed by atoms with Gasteiger partial charge >= 0.3 is 0 Å². The zero-order valence-corrected chi connectivity index (χ0v) is 21.5. The molecule has 1 aromatic heterocycles. The van der Waals surface area contributed by atoms with Crippen molar-refractivity contribution in [2.45, 2.75) is 39.5 Å². The predicted molar refractivity (Wildman–Crippen MR) is 139 cm³/mol. The topological polar surface area (TPSA) is 80.9 Å². The summed E-state index contributed by atoms with van der Waals surface area (Å²) in [5.41, 5.74) is 2.80. The zero-order valence-electron chi connectivity index (χ0n) is 21.5. The predicted octanol–water partition coefficient (Wildman–Crippen LogP) is 4.62. The van der Waals surface area contributed by atoms with Crippen molar-refractivity contribution in [3.63, 3.8) is 0 Å². The van der Waals surface area contributed by atoms with Gasteiger partial charge in [-0.25, -0.2) is 0 Å². The molecule has 1 saturated heterocycles. The maximum atomic E-state index is 13.1. The number of methoxy groups -OCH3 is 1. The molecule has 8 nitrogen and oxygen atoms in total. The molecule has 0 spiro atoms. The molecule has 0 unspecified atom stereocenters. The van der Waals surface area contributed by atoms with Crippen molar-refractivity contribution in [3.05, 3.63) is 59.5 Å². The van der Waals surface area contributed by atoms with E-state index in [0.29, 0.717) is 48.5 Å². The van der Waals surface area contributed by atoms with Crippen LogP contribution in [-0.2, 0) is 6.42 Å². The Hall–Kier alpha value is -3.39. The minimum Gasteiger partial charge on any atom is -0.493 e. The second-order valence-electron chi connectivity index (χ2n) is 9.18. The van der Waals surface area contributed by atoms with Gasteiger partial charge in [0.25, 0.3) is 5.91 Å². The molecule has 0 aliphatic carbocycles. The second kappa shape index (κ2) is 12.5. The summed E-state index contributed by atoms with van der Waals surface area (Å²) in [6.45, 7) is 8.85. The fourth-order valence-corrected chi connectivity index (χ4v) is 4.23. The normalized spacial score (nSPS) is 14.1. The van der Waals surface area contributed by atoms with Gasteiger partial charge in [-0.2, -0.15) is 4.98 Å². The minimum absolute atomic E-state index is 0.0301. The van der Waals surface area contributed by atoms with Crippen LogP contribution in [0.2, 0.25) is 0 Å². The third-order valence-electron chi connectivity index (χ3n) is 6.47. The van der Waals surface area contributed by atoms with Gasteiger partial charge in [0, 0.05) is 43.7 Å². The molecule has 1 aliphatic rings. The first-order valence-electron chi connectivity index (χ1n) is 12.8. The Bertz CT molecular complexity index is 1120. The molecule has 36 heavy (non-hydrogen) atoms. The summed E-state index contributed by atoms with van der Waals surface area (Å²) in [5, 5.41) is 4.12. The van der Waals surface area contributed by atoms with Gasteiger partial charge in [0.1, 0.15) is 0 Å². The number of amides is 1. The third kappa shape index (κ3) is 6.63. The first-order valence-corrected chi connectivity index (χ1v) is 12.8. The summed E-state index contributed by atoms with van der Waals surface area (Å²) in [7, 11) is 1.60. The van der Waals surface area contributed by atoms with Crippen LogP contribution in [0.3, 0.4) is 0 Å². The van der Waals surface area contributed by atoms with Gasteiger partial charge in [0.05, 0.1) is 13.7 Å². The molecular formula is C28H36N4O4. The van der Waals surface area contributed by atoms with Crippen molar-refractivity contribution < 1.29 is 18.8 Å². The zero-order chi connectivity index (χ0) is 25.3. The smallest absolute Gasteiger partial charge is 0.254 e. The van der Waals surface area contributed by atoms with Gasteiger partial charge in [-0.1, -0.05) is 48.3 Å². The number of benzene rings is 2. The van der Waals surface area contributed by atoms with Gasteiger partial charge in [0.15, 0.2) is 11.5 Å². The molecule has 192 valence electrons. The van der Waals surface area contributed by atoms with E-state index in [0.717, 1.165) is 50.9 Å². The van der Waals surface area contributed by atoms with Crippen molar-refractivity contribution in [1.82, 2.24) is 19.9 Å². The highest BCUT2D eigenvalue weighted by Crippen LogP contribution is 2.29. The molecule has 1 amide bonds. The lowest BCUT2D eigenvalue weighted by Gasteiger charge is -2.34. The number of unbranched alkanes of at least 4 members (excludes halogenated alkanes) is 1. The van der Waals surface area contributed by atoms with Crippen LogP contribution in [0.4, 0.5) is 0 Å². The molecule has 0 N–H and O–H groups in total. The first kappa shape index (κ1) is 25.7. The Labute approximate surface area is 213 Å². The van der Waals surface area contributed by atoms with E-state index in [4.69, 9.17) is 14.0 Å². The van der Waals surface area contributed by atoms with E-state index in [1.165, 1.54) is 5.56 Å². The Morgan fingerprint density at radius 1 is 1.03 bits per heavy atom. The monoisotopic (exact) mass is 492 g/mol. The molecule has 0 saturated carbocycles. The standard InChI is InChI=1S/C28H36N4O4/c1-4-5-19-35-24-13-12-23(20-25(24)34-3)28(33)32-17-15-31(16-18-32)14-6-7-26-29-27(30-36-26)22-10-8-21(2)9-11-22/h8-13,20H,4-7,14-19H2,1-3H3. The van der Waals surface area contributed by atoms with Crippen LogP contribution < -0.4 is 9.47 Å². The van der Waals surface area contributed by atoms with E-state index in [2.05, 4.69) is 28.9 Å². The quantitative estimate of drug-likeness (QED) is 0.361. The molecule has 2 heterocycles. The first-order chi connectivity index (χ1) is 17.6. The molecule has 1 aliphatic heterocycles. The van der Waals surface area contributed by atoms with Crippen LogP contribution in [0.25, 0.3) is 11.4 Å². The Kier molecular flexibility index (Phi) is 8.95. The summed E-state index contributed by atoms with van der Waals surface area (Å²) < 4.78 is 16.7. The minimum atomic E-state index is 0.0301. The van der Waals surface area contributed by atoms with E-state index in [1.807, 2.05) is 41.3 Å². The third-order valence-corrected chi connectivity index (χ3v) is 6.47. The van der Waals surface area contributed by atoms with E-state index >= 15 is 0 Å². The number of rotatable bonds is 11. The van der Waals surface area contributed by atoms with Crippen molar-refractivity contribution in [2.75, 3.05) is 46.4 Å². The molecule has 2 aromatic carbocycles. The van der Waals surface area contributed by atoms with Crippen molar-refractivity contribution >= 4 is 5.91 Å². The summed E-state index contributed by atoms with van der Waals surface area (Å²) in [6.07, 6.45) is 3.72. The van der Waals surface area contributed by atoms with E-state index in [-0.39, 0.29) is 5.91 Å². The largest absolute Gasteiger partial charge is 0.493 e. The number of ether oxygens (including phenoxy) is 2. The molecule has 3 aromatic rings. The van der Waals surface area contributed by atoms with Crippen LogP contribution in [0, 0.1) is 6.92 Å². The lowest BCUT2D eigenvalue weighted by Crippen LogP contribution is -2.48. The van der Waals surface area contributed by atoms with Gasteiger partial charge in [-0.3, -0.25) is 9.69 Å². The van der Waals surface area contributed by atoms with Crippen LogP contribution in [0.5, 0.6) is 11.5 Å². The summed E-state index contributed by atoms with van der Waals surface area (Å²) >= 11 is 0. The summed E-state index contributed by atoms with van der Waals surface area (Å²) in [5.74, 6) is 2.61. The highest BCUT2D eigenvalue weighted by Gasteiger charge is 2.23. The molecule has 1 fully saturated rings. The number of nitrogens with zero attached hydrogens (tertiary/aromatic N) is 4. The van der Waals surface area contributed by atoms with Crippen LogP contribution in [0.1, 0.15) is 48.0 Å². The van der Waals surface area contributed by atoms with Crippen molar-refractivity contribution in [2.24, 2.45) is 0 Å². The average molecular weight is 493 g/mol. The molecule has 0 atom stereocenters. The Balaban J connectivity index is 1.22. The molecule has 0 bridgehead atoms. The maximum absolute atomic E-state index is 13.1. The number of hydrogen-bond acceptors (Lipinski definition) is 7. The van der Waals surface area contributed by atoms with Gasteiger partial charge in [-0.05, 0) is 44.5 Å². The highest BCUT2D eigenvalue weighted by atomic mass is 16.5. The van der Waals surface area contributed by atoms with Gasteiger partial charge in [-0.15, -0.1) is 0 Å². The van der Waals surface area contributed by atoms with Crippen LogP contribution in [-0.4, -0.2) is 72.3 Å². The Morgan fingerprint density at radius 3 is 2.53 bits per heavy atom. The number of piperazine rings is 1. The summed E-state index contributed by atoms with van der Waals surface area (Å²) in [6, 6.07) is 13.6. The number of carbonyl (C=O) groups is 1. The fourth-order valence-electron chi connectivity index (χ4n) is 4.23. The lowest BCUT2D eigenvalue weighted by atomic mass is 10.1. The number of aromatic nitrogens is 2. The average Bonchev–Trinajstić information content (AvgIpc) is 3.38. The molecular weight excluding hydrogens is 456 g/mol. The summed E-state index contributed by atoms with van der Waals surface area (Å²) in [4.78, 5) is 21.9. The van der Waals surface area contributed by atoms with E-state index in [9.17, 15) is 4.79 Å². The molecule has 4 rings (SSSR count). The number of carbonyl (C=O) groups excluding carboxylic acids is 1. The highest BCUT2D eigenvalue weighted by molar-refractivity contribution is 5.95. The fraction of sp³-hybridized carbons (Fsp3) is 0.464. The van der Waals surface area contributed by atoms with E-state index in [1.54, 1.807) is 13.2 Å². The molecule has 8 heteroatoms. The number of aryl methyl sites for hydroxylation is 2. The second-order valence-corrected chi connectivity index (χ2v) is 9.18. The van der Waals surface area contributed by atoms with Gasteiger partial charge in [0.2, 0.25) is 11.7 Å². The molecule has 0 radical (unpaired) electrons. The lowest BCUT2D eigenvalue weighted by molar-refractivity contribution is 0.0635. The van der Waals surface area contributed by atoms with Crippen LogP contribution >= 0.6 is 0 Å². The van der Waals surface area contributed by atoms with Crippen LogP contribution in [0.15, 0.2) is 47.0 Å². The van der Waals surface area contributed by atoms with Gasteiger partial charge < -0.3 is 18.9 Å². The maximum Gasteiger partial charge on any atom is 0.254 e. The number of hydrogen-bond donors (Lipinski definition) is 0. The Morgan fingerprint density at radius 2 is 1.81 bits per heavy atom. The van der Waals surface area contributed by atoms with Crippen molar-refractivity contribution in [3.8, 4) is 22.9 Å².